The number of hydrazone groups is 1. The van der Waals surface area contributed by atoms with Gasteiger partial charge < -0.3 is 5.43 Å². The largest absolute Gasteiger partial charge is 0.301 e. The van der Waals surface area contributed by atoms with Gasteiger partial charge in [-0.15, -0.1) is 11.3 Å². The molecule has 1 aromatic carbocycles. The van der Waals surface area contributed by atoms with E-state index >= 15 is 0 Å². The third-order valence-corrected chi connectivity index (χ3v) is 4.71. The Kier molecular flexibility index (Phi) is 3.48. The summed E-state index contributed by atoms with van der Waals surface area (Å²) < 4.78 is 0.464. The molecule has 98 valence electrons. The summed E-state index contributed by atoms with van der Waals surface area (Å²) in [5.41, 5.74) is 6.51. The van der Waals surface area contributed by atoms with Gasteiger partial charge in [-0.3, -0.25) is 0 Å². The lowest BCUT2D eigenvalue weighted by atomic mass is 10.0. The molecule has 3 nitrogen and oxygen atoms in total. The fourth-order valence-electron chi connectivity index (χ4n) is 2.02. The fourth-order valence-corrected chi connectivity index (χ4v) is 3.51. The van der Waals surface area contributed by atoms with E-state index in [1.165, 1.54) is 16.9 Å². The predicted molar refractivity (Wildman–Crippen MR) is 80.3 cm³/mol. The maximum atomic E-state index is 6.06. The second kappa shape index (κ2) is 5.12. The third kappa shape index (κ3) is 2.61. The predicted octanol–water partition coefficient (Wildman–Crippen LogP) is 4.20. The van der Waals surface area contributed by atoms with E-state index in [1.807, 2.05) is 0 Å². The molecular weight excluding hydrogens is 301 g/mol. The Balaban J connectivity index is 1.79. The highest BCUT2D eigenvalue weighted by Crippen LogP contribution is 2.35. The molecule has 0 bridgehead atoms. The van der Waals surface area contributed by atoms with E-state index in [0.29, 0.717) is 9.62 Å². The van der Waals surface area contributed by atoms with Crippen molar-refractivity contribution >= 4 is 40.3 Å². The van der Waals surface area contributed by atoms with Crippen LogP contribution in [0.25, 0.3) is 0 Å². The normalized spacial score (nSPS) is 18.3. The number of benzene rings is 1. The molecule has 1 unspecified atom stereocenters. The number of nitrogens with zero attached hydrogens (tertiary/aromatic N) is 2. The molecule has 0 aliphatic carbocycles. The molecule has 3 rings (SSSR count). The van der Waals surface area contributed by atoms with Gasteiger partial charge in [0.2, 0.25) is 0 Å². The van der Waals surface area contributed by atoms with Gasteiger partial charge in [0.1, 0.15) is 5.15 Å². The van der Waals surface area contributed by atoms with Crippen LogP contribution in [0, 0.1) is 6.92 Å². The van der Waals surface area contributed by atoms with Crippen LogP contribution in [0.15, 0.2) is 29.4 Å². The van der Waals surface area contributed by atoms with Crippen molar-refractivity contribution in [1.82, 2.24) is 10.4 Å². The van der Waals surface area contributed by atoms with Gasteiger partial charge in [-0.1, -0.05) is 53.0 Å². The van der Waals surface area contributed by atoms with Gasteiger partial charge in [0.25, 0.3) is 0 Å². The van der Waals surface area contributed by atoms with Crippen LogP contribution in [0.1, 0.15) is 28.5 Å². The van der Waals surface area contributed by atoms with Crippen molar-refractivity contribution in [3.63, 3.8) is 0 Å². The fraction of sp³-hybridized carbons (Fsp3) is 0.231. The Morgan fingerprint density at radius 3 is 2.63 bits per heavy atom. The molecule has 0 saturated carbocycles. The standard InChI is InChI=1S/C13H11Cl2N3S/c1-7-2-4-8(5-3-7)9-6-10(18-17-9)11-12(14)16-13(15)19-11/h2-5,10,18H,6H2,1H3. The molecule has 1 atom stereocenters. The summed E-state index contributed by atoms with van der Waals surface area (Å²) in [6.07, 6.45) is 0.793. The Morgan fingerprint density at radius 2 is 2.00 bits per heavy atom. The molecule has 6 heteroatoms. The molecule has 0 radical (unpaired) electrons. The van der Waals surface area contributed by atoms with Crippen molar-refractivity contribution in [3.8, 4) is 0 Å². The van der Waals surface area contributed by atoms with E-state index in [-0.39, 0.29) is 6.04 Å². The van der Waals surface area contributed by atoms with Crippen molar-refractivity contribution in [2.24, 2.45) is 5.10 Å². The van der Waals surface area contributed by atoms with E-state index in [1.54, 1.807) is 0 Å². The number of halogens is 2. The van der Waals surface area contributed by atoms with E-state index in [0.717, 1.165) is 22.6 Å². The van der Waals surface area contributed by atoms with Gasteiger partial charge in [0, 0.05) is 6.42 Å². The zero-order chi connectivity index (χ0) is 13.4. The molecule has 1 aliphatic rings. The monoisotopic (exact) mass is 311 g/mol. The van der Waals surface area contributed by atoms with Crippen molar-refractivity contribution in [1.29, 1.82) is 0 Å². The molecule has 0 saturated heterocycles. The van der Waals surface area contributed by atoms with Crippen LogP contribution in [-0.4, -0.2) is 10.7 Å². The van der Waals surface area contributed by atoms with E-state index < -0.39 is 0 Å². The minimum atomic E-state index is 0.0637. The average molecular weight is 312 g/mol. The Hall–Kier alpha value is -1.10. The summed E-state index contributed by atoms with van der Waals surface area (Å²) in [5.74, 6) is 0. The van der Waals surface area contributed by atoms with E-state index in [9.17, 15) is 0 Å². The van der Waals surface area contributed by atoms with Gasteiger partial charge >= 0.3 is 0 Å². The topological polar surface area (TPSA) is 37.3 Å². The zero-order valence-corrected chi connectivity index (χ0v) is 12.5. The third-order valence-electron chi connectivity index (χ3n) is 3.04. The van der Waals surface area contributed by atoms with Crippen molar-refractivity contribution in [2.75, 3.05) is 0 Å². The van der Waals surface area contributed by atoms with Crippen molar-refractivity contribution in [2.45, 2.75) is 19.4 Å². The summed E-state index contributed by atoms with van der Waals surface area (Å²) in [4.78, 5) is 4.97. The number of aromatic nitrogens is 1. The quantitative estimate of drug-likeness (QED) is 0.902. The highest BCUT2D eigenvalue weighted by Gasteiger charge is 2.25. The second-order valence-corrected chi connectivity index (χ2v) is 6.40. The van der Waals surface area contributed by atoms with Gasteiger partial charge in [-0.05, 0) is 12.5 Å². The molecule has 1 N–H and O–H groups in total. The number of rotatable bonds is 2. The van der Waals surface area contributed by atoms with Crippen molar-refractivity contribution < 1.29 is 0 Å². The van der Waals surface area contributed by atoms with Crippen molar-refractivity contribution in [3.05, 3.63) is 49.9 Å². The first-order valence-electron chi connectivity index (χ1n) is 5.84. The first kappa shape index (κ1) is 12.9. The first-order chi connectivity index (χ1) is 9.13. The van der Waals surface area contributed by atoms with Gasteiger partial charge in [-0.2, -0.15) is 5.10 Å². The molecule has 19 heavy (non-hydrogen) atoms. The second-order valence-electron chi connectivity index (χ2n) is 4.43. The maximum absolute atomic E-state index is 6.06. The lowest BCUT2D eigenvalue weighted by molar-refractivity contribution is 0.629. The van der Waals surface area contributed by atoms with Gasteiger partial charge in [-0.25, -0.2) is 4.98 Å². The van der Waals surface area contributed by atoms with Gasteiger partial charge in [0.05, 0.1) is 16.6 Å². The highest BCUT2D eigenvalue weighted by molar-refractivity contribution is 7.16. The molecule has 0 fully saturated rings. The minimum Gasteiger partial charge on any atom is -0.301 e. The number of nitrogens with one attached hydrogen (secondary N) is 1. The molecule has 0 amide bonds. The molecular formula is C13H11Cl2N3S. The van der Waals surface area contributed by atoms with E-state index in [2.05, 4.69) is 46.7 Å². The summed E-state index contributed by atoms with van der Waals surface area (Å²) >= 11 is 13.3. The minimum absolute atomic E-state index is 0.0637. The van der Waals surface area contributed by atoms with Crippen LogP contribution >= 0.6 is 34.5 Å². The number of hydrogen-bond acceptors (Lipinski definition) is 4. The van der Waals surface area contributed by atoms with Crippen LogP contribution in [0.3, 0.4) is 0 Å². The van der Waals surface area contributed by atoms with Crippen LogP contribution < -0.4 is 5.43 Å². The summed E-state index contributed by atoms with van der Waals surface area (Å²) in [7, 11) is 0. The average Bonchev–Trinajstić information content (AvgIpc) is 2.97. The first-order valence-corrected chi connectivity index (χ1v) is 7.41. The van der Waals surface area contributed by atoms with Crippen LogP contribution in [-0.2, 0) is 0 Å². The SMILES string of the molecule is Cc1ccc(C2=NNC(c3sc(Cl)nc3Cl)C2)cc1. The summed E-state index contributed by atoms with van der Waals surface area (Å²) in [6.45, 7) is 2.07. The summed E-state index contributed by atoms with van der Waals surface area (Å²) in [6, 6.07) is 8.40. The molecule has 0 spiro atoms. The zero-order valence-electron chi connectivity index (χ0n) is 10.2. The Morgan fingerprint density at radius 1 is 1.26 bits per heavy atom. The molecule has 1 aromatic heterocycles. The van der Waals surface area contributed by atoms with Crippen LogP contribution in [0.2, 0.25) is 9.62 Å². The smallest absolute Gasteiger partial charge is 0.185 e. The Labute approximate surface area is 125 Å². The lowest BCUT2D eigenvalue weighted by Crippen LogP contribution is -2.08. The van der Waals surface area contributed by atoms with Crippen LogP contribution in [0.4, 0.5) is 0 Å². The molecule has 1 aliphatic heterocycles. The number of aryl methyl sites for hydroxylation is 1. The maximum Gasteiger partial charge on any atom is 0.185 e. The van der Waals surface area contributed by atoms with E-state index in [4.69, 9.17) is 23.2 Å². The lowest BCUT2D eigenvalue weighted by Gasteiger charge is -2.06. The number of hydrogen-bond donors (Lipinski definition) is 1. The number of thiazole rings is 1. The molecule has 2 heterocycles. The van der Waals surface area contributed by atoms with Gasteiger partial charge in [0.15, 0.2) is 4.47 Å². The summed E-state index contributed by atoms with van der Waals surface area (Å²) in [5, 5.41) is 4.85. The highest BCUT2D eigenvalue weighted by atomic mass is 35.5. The van der Waals surface area contributed by atoms with Crippen LogP contribution in [0.5, 0.6) is 0 Å². The molecule has 2 aromatic rings. The Bertz CT molecular complexity index is 634.